The van der Waals surface area contributed by atoms with E-state index in [1.807, 2.05) is 48.5 Å². The van der Waals surface area contributed by atoms with Gasteiger partial charge in [-0.3, -0.25) is 4.79 Å². The van der Waals surface area contributed by atoms with Crippen LogP contribution in [0.1, 0.15) is 15.9 Å². The maximum absolute atomic E-state index is 12.1. The van der Waals surface area contributed by atoms with Crippen LogP contribution in [0.15, 0.2) is 84.9 Å². The summed E-state index contributed by atoms with van der Waals surface area (Å²) < 4.78 is 5.04. The predicted molar refractivity (Wildman–Crippen MR) is 119 cm³/mol. The summed E-state index contributed by atoms with van der Waals surface area (Å²) in [6, 6.07) is 24.6. The first-order chi connectivity index (χ1) is 15.1. The minimum Gasteiger partial charge on any atom is -0.452 e. The number of anilines is 2. The Morgan fingerprint density at radius 3 is 1.94 bits per heavy atom. The van der Waals surface area contributed by atoms with Crippen LogP contribution in [0, 0.1) is 0 Å². The Kier molecular flexibility index (Phi) is 7.77. The fraction of sp³-hybridized carbons (Fsp3) is 0.125. The van der Waals surface area contributed by atoms with E-state index in [1.54, 1.807) is 24.3 Å². The first-order valence-electron chi connectivity index (χ1n) is 9.81. The first-order valence-corrected chi connectivity index (χ1v) is 9.81. The smallest absolute Gasteiger partial charge is 0.338 e. The van der Waals surface area contributed by atoms with Crippen molar-refractivity contribution in [1.82, 2.24) is 5.32 Å². The van der Waals surface area contributed by atoms with Crippen molar-refractivity contribution in [2.24, 2.45) is 0 Å². The second-order valence-electron chi connectivity index (χ2n) is 6.68. The van der Waals surface area contributed by atoms with Crippen molar-refractivity contribution < 1.29 is 19.1 Å². The average Bonchev–Trinajstić information content (AvgIpc) is 2.79. The predicted octanol–water partition coefficient (Wildman–Crippen LogP) is 3.85. The van der Waals surface area contributed by atoms with Crippen LogP contribution in [0.3, 0.4) is 0 Å². The third kappa shape index (κ3) is 7.32. The van der Waals surface area contributed by atoms with E-state index in [0.29, 0.717) is 24.3 Å². The molecule has 7 nitrogen and oxygen atoms in total. The van der Waals surface area contributed by atoms with E-state index in [1.165, 1.54) is 12.1 Å². The number of ether oxygens (including phenoxy) is 1. The van der Waals surface area contributed by atoms with Gasteiger partial charge in [-0.05, 0) is 48.4 Å². The van der Waals surface area contributed by atoms with E-state index in [-0.39, 0.29) is 18.1 Å². The number of rotatable bonds is 8. The molecule has 0 radical (unpaired) electrons. The SMILES string of the molecule is O=C(COC(=O)c1ccc(NC(=O)Nc2ccccc2)cc1)NCCc1ccccc1. The maximum atomic E-state index is 12.1. The van der Waals surface area contributed by atoms with Gasteiger partial charge >= 0.3 is 12.0 Å². The van der Waals surface area contributed by atoms with Gasteiger partial charge in [0.15, 0.2) is 6.61 Å². The zero-order valence-corrected chi connectivity index (χ0v) is 16.8. The monoisotopic (exact) mass is 417 g/mol. The lowest BCUT2D eigenvalue weighted by Gasteiger charge is -2.09. The highest BCUT2D eigenvalue weighted by atomic mass is 16.5. The number of carbonyl (C=O) groups is 3. The van der Waals surface area contributed by atoms with Crippen molar-refractivity contribution >= 4 is 29.3 Å². The Hall–Kier alpha value is -4.13. The molecule has 0 saturated heterocycles. The van der Waals surface area contributed by atoms with Gasteiger partial charge in [-0.25, -0.2) is 9.59 Å². The highest BCUT2D eigenvalue weighted by Gasteiger charge is 2.11. The molecule has 0 aliphatic rings. The van der Waals surface area contributed by atoms with Gasteiger partial charge < -0.3 is 20.7 Å². The van der Waals surface area contributed by atoms with E-state index in [2.05, 4.69) is 16.0 Å². The van der Waals surface area contributed by atoms with Gasteiger partial charge in [0.05, 0.1) is 5.56 Å². The molecule has 0 bridgehead atoms. The van der Waals surface area contributed by atoms with E-state index in [4.69, 9.17) is 4.74 Å². The highest BCUT2D eigenvalue weighted by Crippen LogP contribution is 2.12. The minimum atomic E-state index is -0.613. The molecule has 0 aliphatic heterocycles. The van der Waals surface area contributed by atoms with Crippen molar-refractivity contribution in [1.29, 1.82) is 0 Å². The number of para-hydroxylation sites is 1. The summed E-state index contributed by atoms with van der Waals surface area (Å²) in [5.74, 6) is -0.973. The van der Waals surface area contributed by atoms with E-state index < -0.39 is 12.0 Å². The largest absolute Gasteiger partial charge is 0.452 e. The number of esters is 1. The molecule has 3 amide bonds. The van der Waals surface area contributed by atoms with Crippen LogP contribution in [0.25, 0.3) is 0 Å². The molecular weight excluding hydrogens is 394 g/mol. The van der Waals surface area contributed by atoms with Crippen molar-refractivity contribution in [3.63, 3.8) is 0 Å². The van der Waals surface area contributed by atoms with Crippen LogP contribution in [-0.4, -0.2) is 31.1 Å². The number of amides is 3. The van der Waals surface area contributed by atoms with Gasteiger partial charge in [0.1, 0.15) is 0 Å². The molecule has 3 aromatic rings. The second-order valence-corrected chi connectivity index (χ2v) is 6.68. The molecule has 0 aromatic heterocycles. The molecular formula is C24H23N3O4. The van der Waals surface area contributed by atoms with Crippen LogP contribution in [-0.2, 0) is 16.0 Å². The molecule has 0 unspecified atom stereocenters. The zero-order valence-electron chi connectivity index (χ0n) is 16.8. The number of hydrogen-bond acceptors (Lipinski definition) is 4. The van der Waals surface area contributed by atoms with Crippen LogP contribution in [0.4, 0.5) is 16.2 Å². The molecule has 0 heterocycles. The molecule has 3 N–H and O–H groups in total. The van der Waals surface area contributed by atoms with Gasteiger partial charge in [-0.2, -0.15) is 0 Å². The van der Waals surface area contributed by atoms with Gasteiger partial charge in [0.2, 0.25) is 0 Å². The highest BCUT2D eigenvalue weighted by molar-refractivity contribution is 6.00. The molecule has 0 aliphatic carbocycles. The van der Waals surface area contributed by atoms with Crippen LogP contribution in [0.5, 0.6) is 0 Å². The van der Waals surface area contributed by atoms with Crippen LogP contribution < -0.4 is 16.0 Å². The Morgan fingerprint density at radius 2 is 1.29 bits per heavy atom. The number of benzene rings is 3. The topological polar surface area (TPSA) is 96.5 Å². The molecule has 3 aromatic carbocycles. The fourth-order valence-electron chi connectivity index (χ4n) is 2.76. The van der Waals surface area contributed by atoms with Gasteiger partial charge in [0, 0.05) is 17.9 Å². The standard InChI is InChI=1S/C24H23N3O4/c28-22(25-16-15-18-7-3-1-4-8-18)17-31-23(29)19-11-13-21(14-12-19)27-24(30)26-20-9-5-2-6-10-20/h1-14H,15-17H2,(H,25,28)(H2,26,27,30). The fourth-order valence-corrected chi connectivity index (χ4v) is 2.76. The van der Waals surface area contributed by atoms with Crippen LogP contribution in [0.2, 0.25) is 0 Å². The molecule has 7 heteroatoms. The summed E-state index contributed by atoms with van der Waals surface area (Å²) in [5.41, 5.74) is 2.59. The molecule has 0 spiro atoms. The lowest BCUT2D eigenvalue weighted by molar-refractivity contribution is -0.124. The summed E-state index contributed by atoms with van der Waals surface area (Å²) in [5, 5.41) is 8.10. The van der Waals surface area contributed by atoms with E-state index in [0.717, 1.165) is 5.56 Å². The Bertz CT molecular complexity index is 1010. The van der Waals surface area contributed by atoms with Crippen LogP contribution >= 0.6 is 0 Å². The third-order valence-electron chi connectivity index (χ3n) is 4.32. The lowest BCUT2D eigenvalue weighted by atomic mass is 10.1. The molecule has 31 heavy (non-hydrogen) atoms. The summed E-state index contributed by atoms with van der Waals surface area (Å²) in [6.07, 6.45) is 0.701. The summed E-state index contributed by atoms with van der Waals surface area (Å²) in [6.45, 7) is 0.110. The van der Waals surface area contributed by atoms with Crippen molar-refractivity contribution in [3.05, 3.63) is 96.1 Å². The molecule has 0 atom stereocenters. The normalized spacial score (nSPS) is 10.1. The second kappa shape index (κ2) is 11.2. The maximum Gasteiger partial charge on any atom is 0.338 e. The van der Waals surface area contributed by atoms with Crippen molar-refractivity contribution in [2.45, 2.75) is 6.42 Å². The first kappa shape index (κ1) is 21.6. The van der Waals surface area contributed by atoms with Gasteiger partial charge in [-0.15, -0.1) is 0 Å². The van der Waals surface area contributed by atoms with Gasteiger partial charge in [-0.1, -0.05) is 48.5 Å². The van der Waals surface area contributed by atoms with E-state index in [9.17, 15) is 14.4 Å². The van der Waals surface area contributed by atoms with Gasteiger partial charge in [0.25, 0.3) is 5.91 Å². The van der Waals surface area contributed by atoms with E-state index >= 15 is 0 Å². The molecule has 0 saturated carbocycles. The number of carbonyl (C=O) groups excluding carboxylic acids is 3. The quantitative estimate of drug-likeness (QED) is 0.485. The summed E-state index contributed by atoms with van der Waals surface area (Å²) >= 11 is 0. The number of hydrogen-bond donors (Lipinski definition) is 3. The Labute approximate surface area is 180 Å². The minimum absolute atomic E-state index is 0.283. The van der Waals surface area contributed by atoms with Crippen molar-refractivity contribution in [3.8, 4) is 0 Å². The lowest BCUT2D eigenvalue weighted by Crippen LogP contribution is -2.30. The summed E-state index contributed by atoms with van der Waals surface area (Å²) in [4.78, 5) is 36.0. The Balaban J connectivity index is 1.39. The average molecular weight is 417 g/mol. The molecule has 3 rings (SSSR count). The molecule has 158 valence electrons. The molecule has 0 fully saturated rings. The van der Waals surface area contributed by atoms with Crippen molar-refractivity contribution in [2.75, 3.05) is 23.8 Å². The number of nitrogens with one attached hydrogen (secondary N) is 3. The Morgan fingerprint density at radius 1 is 0.710 bits per heavy atom. The zero-order chi connectivity index (χ0) is 21.9. The summed E-state index contributed by atoms with van der Waals surface area (Å²) in [7, 11) is 0. The third-order valence-corrected chi connectivity index (χ3v) is 4.32. The number of urea groups is 1.